The van der Waals surface area contributed by atoms with Crippen LogP contribution in [0.3, 0.4) is 0 Å². The second-order valence-electron chi connectivity index (χ2n) is 21.3. The fourth-order valence-corrected chi connectivity index (χ4v) is 13.0. The molecule has 0 atom stereocenters. The minimum atomic E-state index is -0.236. The molecule has 0 amide bonds. The number of para-hydroxylation sites is 1. The van der Waals surface area contributed by atoms with Gasteiger partial charge in [0.15, 0.2) is 0 Å². The lowest BCUT2D eigenvalue weighted by molar-refractivity contribution is 0.659. The normalized spacial score (nSPS) is 15.2. The zero-order chi connectivity index (χ0) is 46.6. The van der Waals surface area contributed by atoms with E-state index in [1.807, 2.05) is 0 Å². The van der Waals surface area contributed by atoms with Crippen molar-refractivity contribution in [3.63, 3.8) is 0 Å². The third-order valence-corrected chi connectivity index (χ3v) is 16.6. The van der Waals surface area contributed by atoms with Crippen LogP contribution >= 0.6 is 0 Å². The van der Waals surface area contributed by atoms with Gasteiger partial charge in [0.2, 0.25) is 0 Å². The molecular weight excluding hydrogens is 833 g/mol. The smallest absolute Gasteiger partial charge is 0.0541 e. The summed E-state index contributed by atoms with van der Waals surface area (Å²) >= 11 is 0. The van der Waals surface area contributed by atoms with E-state index in [-0.39, 0.29) is 16.2 Å². The molecule has 14 rings (SSSR count). The molecule has 330 valence electrons. The number of fused-ring (bicyclic) bond motifs is 13. The summed E-state index contributed by atoms with van der Waals surface area (Å²) in [6.45, 7) is 14.4. The standard InChI is InChI=1S/C67H52N2/c1-65(2)56-22-12-9-19-48(56)51-32-28-44(38-59(51)65)68(45-29-33-52-49-20-10-13-23-57(49)66(3,4)60(52)39-45)46-30-34-53-50-31-26-43(37-58(50)67(5,6)61(53)40-46)42-27-35-64-55(36-42)54-21-11-14-24-63(54)69(64)62-25-15-17-41-16-7-8-18-47(41)62/h7-40H,1-6H3. The van der Waals surface area contributed by atoms with Crippen LogP contribution in [0.1, 0.15) is 74.9 Å². The van der Waals surface area contributed by atoms with Gasteiger partial charge < -0.3 is 9.47 Å². The summed E-state index contributed by atoms with van der Waals surface area (Å²) in [5.74, 6) is 0. The molecule has 0 fully saturated rings. The highest BCUT2D eigenvalue weighted by molar-refractivity contribution is 6.12. The Kier molecular flexibility index (Phi) is 8.18. The van der Waals surface area contributed by atoms with Gasteiger partial charge in [0.25, 0.3) is 0 Å². The summed E-state index contributed by atoms with van der Waals surface area (Å²) in [7, 11) is 0. The van der Waals surface area contributed by atoms with Crippen molar-refractivity contribution >= 4 is 49.6 Å². The van der Waals surface area contributed by atoms with Gasteiger partial charge in [-0.05, 0) is 150 Å². The molecule has 0 saturated carbocycles. The van der Waals surface area contributed by atoms with Crippen LogP contribution in [0.2, 0.25) is 0 Å². The van der Waals surface area contributed by atoms with Gasteiger partial charge in [0, 0.05) is 49.5 Å². The van der Waals surface area contributed by atoms with Crippen LogP contribution in [0.5, 0.6) is 0 Å². The van der Waals surface area contributed by atoms with Crippen molar-refractivity contribution in [1.29, 1.82) is 0 Å². The van der Waals surface area contributed by atoms with E-state index >= 15 is 0 Å². The van der Waals surface area contributed by atoms with Gasteiger partial charge in [-0.25, -0.2) is 0 Å². The van der Waals surface area contributed by atoms with E-state index < -0.39 is 0 Å². The molecule has 11 aromatic rings. The van der Waals surface area contributed by atoms with Gasteiger partial charge in [-0.1, -0.05) is 181 Å². The molecule has 0 bridgehead atoms. The molecule has 0 saturated heterocycles. The maximum absolute atomic E-state index is 2.52. The first-order valence-electron chi connectivity index (χ1n) is 24.6. The highest BCUT2D eigenvalue weighted by Crippen LogP contribution is 2.55. The van der Waals surface area contributed by atoms with E-state index in [9.17, 15) is 0 Å². The zero-order valence-corrected chi connectivity index (χ0v) is 40.0. The van der Waals surface area contributed by atoms with Crippen LogP contribution < -0.4 is 4.90 Å². The Morgan fingerprint density at radius 2 is 0.725 bits per heavy atom. The molecule has 2 heteroatoms. The van der Waals surface area contributed by atoms with E-state index in [0.717, 1.165) is 0 Å². The summed E-state index contributed by atoms with van der Waals surface area (Å²) in [4.78, 5) is 2.52. The number of aromatic nitrogens is 1. The van der Waals surface area contributed by atoms with Crippen molar-refractivity contribution in [2.24, 2.45) is 0 Å². The molecule has 0 aliphatic heterocycles. The van der Waals surface area contributed by atoms with E-state index in [2.05, 4.69) is 257 Å². The third kappa shape index (κ3) is 5.55. The van der Waals surface area contributed by atoms with E-state index in [1.54, 1.807) is 0 Å². The topological polar surface area (TPSA) is 8.17 Å². The minimum Gasteiger partial charge on any atom is -0.310 e. The maximum Gasteiger partial charge on any atom is 0.0541 e. The number of rotatable bonds is 5. The van der Waals surface area contributed by atoms with E-state index in [4.69, 9.17) is 0 Å². The first kappa shape index (κ1) is 40.2. The number of hydrogen-bond acceptors (Lipinski definition) is 1. The number of nitrogens with zero attached hydrogens (tertiary/aromatic N) is 2. The molecule has 10 aromatic carbocycles. The van der Waals surface area contributed by atoms with Crippen LogP contribution in [0.4, 0.5) is 17.1 Å². The molecule has 3 aliphatic carbocycles. The van der Waals surface area contributed by atoms with Crippen molar-refractivity contribution in [3.8, 4) is 50.2 Å². The van der Waals surface area contributed by atoms with Crippen molar-refractivity contribution in [2.45, 2.75) is 57.8 Å². The Balaban J connectivity index is 0.887. The molecule has 69 heavy (non-hydrogen) atoms. The predicted octanol–water partition coefficient (Wildman–Crippen LogP) is 18.0. The molecule has 1 heterocycles. The first-order chi connectivity index (χ1) is 33.5. The molecule has 2 nitrogen and oxygen atoms in total. The van der Waals surface area contributed by atoms with E-state index in [1.165, 1.54) is 133 Å². The molecule has 3 aliphatic rings. The average molecular weight is 885 g/mol. The summed E-state index contributed by atoms with van der Waals surface area (Å²) in [6, 6.07) is 78.0. The maximum atomic E-state index is 2.52. The van der Waals surface area contributed by atoms with Gasteiger partial charge in [-0.3, -0.25) is 0 Å². The van der Waals surface area contributed by atoms with Gasteiger partial charge in [-0.15, -0.1) is 0 Å². The number of hydrogen-bond donors (Lipinski definition) is 0. The summed E-state index contributed by atoms with van der Waals surface area (Å²) < 4.78 is 2.45. The summed E-state index contributed by atoms with van der Waals surface area (Å²) in [5, 5.41) is 5.03. The largest absolute Gasteiger partial charge is 0.310 e. The SMILES string of the molecule is CC1(C)c2ccccc2-c2ccc(N(c3ccc4c(c3)C(C)(C)c3ccccc3-4)c3ccc4c(c3)C(C)(C)c3cc(-c5ccc6c(c5)c5ccccc5n6-c5cccc6ccccc56)ccc3-4)cc21. The lowest BCUT2D eigenvalue weighted by Gasteiger charge is -2.31. The zero-order valence-electron chi connectivity index (χ0n) is 40.0. The number of benzene rings is 10. The van der Waals surface area contributed by atoms with Crippen LogP contribution in [0.15, 0.2) is 206 Å². The second-order valence-corrected chi connectivity index (χ2v) is 21.3. The van der Waals surface area contributed by atoms with Crippen LogP contribution in [0, 0.1) is 0 Å². The second kappa shape index (κ2) is 14.1. The van der Waals surface area contributed by atoms with Gasteiger partial charge in [0.1, 0.15) is 0 Å². The van der Waals surface area contributed by atoms with Crippen molar-refractivity contribution in [1.82, 2.24) is 4.57 Å². The lowest BCUT2D eigenvalue weighted by atomic mass is 9.81. The van der Waals surface area contributed by atoms with Gasteiger partial charge in [-0.2, -0.15) is 0 Å². The Morgan fingerprint density at radius 3 is 1.33 bits per heavy atom. The summed E-state index contributed by atoms with van der Waals surface area (Å²) in [5.41, 5.74) is 25.4. The molecule has 1 aromatic heterocycles. The fourth-order valence-electron chi connectivity index (χ4n) is 13.0. The molecule has 0 N–H and O–H groups in total. The fraction of sp³-hybridized carbons (Fsp3) is 0.134. The van der Waals surface area contributed by atoms with Crippen LogP contribution in [-0.2, 0) is 16.2 Å². The Labute approximate surface area is 404 Å². The lowest BCUT2D eigenvalue weighted by Crippen LogP contribution is -2.19. The molecule has 0 radical (unpaired) electrons. The Hall–Kier alpha value is -7.94. The molecule has 0 spiro atoms. The minimum absolute atomic E-state index is 0.118. The van der Waals surface area contributed by atoms with Crippen molar-refractivity contribution < 1.29 is 0 Å². The van der Waals surface area contributed by atoms with Gasteiger partial charge in [0.05, 0.1) is 16.7 Å². The third-order valence-electron chi connectivity index (χ3n) is 16.6. The predicted molar refractivity (Wildman–Crippen MR) is 291 cm³/mol. The molecular formula is C67H52N2. The quantitative estimate of drug-likeness (QED) is 0.167. The van der Waals surface area contributed by atoms with Crippen LogP contribution in [0.25, 0.3) is 82.8 Å². The molecule has 0 unspecified atom stereocenters. The van der Waals surface area contributed by atoms with Crippen molar-refractivity contribution in [2.75, 3.05) is 4.90 Å². The first-order valence-corrected chi connectivity index (χ1v) is 24.6. The van der Waals surface area contributed by atoms with Crippen LogP contribution in [-0.4, -0.2) is 4.57 Å². The highest BCUT2D eigenvalue weighted by Gasteiger charge is 2.40. The van der Waals surface area contributed by atoms with Gasteiger partial charge >= 0.3 is 0 Å². The van der Waals surface area contributed by atoms with Crippen molar-refractivity contribution in [3.05, 3.63) is 240 Å². The highest BCUT2D eigenvalue weighted by atomic mass is 15.1. The summed E-state index contributed by atoms with van der Waals surface area (Å²) in [6.07, 6.45) is 0. The van der Waals surface area contributed by atoms with E-state index in [0.29, 0.717) is 0 Å². The Morgan fingerprint density at radius 1 is 0.304 bits per heavy atom. The average Bonchev–Trinajstić information content (AvgIpc) is 3.99. The monoisotopic (exact) mass is 884 g/mol. The Bertz CT molecular complexity index is 3890. The number of anilines is 3.